The molecule has 0 fully saturated rings. The van der Waals surface area contributed by atoms with Crippen LogP contribution >= 0.6 is 0 Å². The minimum atomic E-state index is -0.844. The van der Waals surface area contributed by atoms with Crippen LogP contribution < -0.4 is 5.32 Å². The Kier molecular flexibility index (Phi) is 5.52. The molecule has 2 aromatic carbocycles. The van der Waals surface area contributed by atoms with Crippen LogP contribution in [-0.4, -0.2) is 42.0 Å². The van der Waals surface area contributed by atoms with Crippen molar-refractivity contribution >= 4 is 11.8 Å². The maximum atomic E-state index is 13.8. The van der Waals surface area contributed by atoms with Crippen LogP contribution in [-0.2, 0) is 11.2 Å². The van der Waals surface area contributed by atoms with Crippen LogP contribution in [0.2, 0.25) is 0 Å². The molecule has 6 heteroatoms. The molecule has 0 saturated heterocycles. The third kappa shape index (κ3) is 4.32. The molecule has 1 unspecified atom stereocenters. The van der Waals surface area contributed by atoms with Crippen LogP contribution in [0.5, 0.6) is 5.75 Å². The topological polar surface area (TPSA) is 69.6 Å². The maximum Gasteiger partial charge on any atom is 0.254 e. The van der Waals surface area contributed by atoms with Crippen molar-refractivity contribution in [2.75, 3.05) is 14.1 Å². The number of hydrogen-bond donors (Lipinski definition) is 2. The largest absolute Gasteiger partial charge is 0.508 e. The summed E-state index contributed by atoms with van der Waals surface area (Å²) in [4.78, 5) is 26.0. The smallest absolute Gasteiger partial charge is 0.254 e. The molecule has 24 heavy (non-hydrogen) atoms. The summed E-state index contributed by atoms with van der Waals surface area (Å²) in [6.45, 7) is 0. The summed E-state index contributed by atoms with van der Waals surface area (Å²) in [7, 11) is 3.18. The molecule has 0 saturated carbocycles. The molecule has 0 heterocycles. The molecular formula is C18H19FN2O3. The van der Waals surface area contributed by atoms with Gasteiger partial charge in [0.05, 0.1) is 5.56 Å². The SMILES string of the molecule is CN(C)C(=O)C(Cc1ccccc1)NC(=O)c1ccc(O)cc1F. The third-order valence-corrected chi connectivity index (χ3v) is 3.52. The number of halogens is 1. The van der Waals surface area contributed by atoms with Crippen molar-refractivity contribution < 1.29 is 19.1 Å². The van der Waals surface area contributed by atoms with Gasteiger partial charge in [0.15, 0.2) is 0 Å². The number of phenols is 1. The molecule has 2 N–H and O–H groups in total. The monoisotopic (exact) mass is 330 g/mol. The lowest BCUT2D eigenvalue weighted by Gasteiger charge is -2.22. The molecule has 1 atom stereocenters. The van der Waals surface area contributed by atoms with Gasteiger partial charge in [-0.1, -0.05) is 30.3 Å². The molecule has 2 aromatic rings. The van der Waals surface area contributed by atoms with Crippen LogP contribution in [0.3, 0.4) is 0 Å². The number of likely N-dealkylation sites (N-methyl/N-ethyl adjacent to an activating group) is 1. The van der Waals surface area contributed by atoms with E-state index in [0.717, 1.165) is 11.6 Å². The van der Waals surface area contributed by atoms with Gasteiger partial charge in [0, 0.05) is 26.6 Å². The predicted molar refractivity (Wildman–Crippen MR) is 88.2 cm³/mol. The van der Waals surface area contributed by atoms with Crippen molar-refractivity contribution in [2.24, 2.45) is 0 Å². The number of nitrogens with zero attached hydrogens (tertiary/aromatic N) is 1. The first kappa shape index (κ1) is 17.5. The summed E-state index contributed by atoms with van der Waals surface area (Å²) in [5.41, 5.74) is 0.654. The second-order valence-corrected chi connectivity index (χ2v) is 5.61. The number of nitrogens with one attached hydrogen (secondary N) is 1. The molecule has 0 spiro atoms. The van der Waals surface area contributed by atoms with E-state index in [4.69, 9.17) is 0 Å². The molecule has 5 nitrogen and oxygen atoms in total. The van der Waals surface area contributed by atoms with Gasteiger partial charge in [-0.2, -0.15) is 0 Å². The number of aromatic hydroxyl groups is 1. The molecule has 126 valence electrons. The van der Waals surface area contributed by atoms with Gasteiger partial charge in [0.25, 0.3) is 5.91 Å². The Morgan fingerprint density at radius 3 is 2.42 bits per heavy atom. The number of rotatable bonds is 5. The highest BCUT2D eigenvalue weighted by Gasteiger charge is 2.24. The third-order valence-electron chi connectivity index (χ3n) is 3.52. The number of hydrogen-bond acceptors (Lipinski definition) is 3. The maximum absolute atomic E-state index is 13.8. The van der Waals surface area contributed by atoms with E-state index in [1.165, 1.54) is 17.0 Å². The summed E-state index contributed by atoms with van der Waals surface area (Å²) in [6, 6.07) is 11.7. The molecule has 2 rings (SSSR count). The summed E-state index contributed by atoms with van der Waals surface area (Å²) in [5, 5.41) is 11.8. The predicted octanol–water partition coefficient (Wildman–Crippen LogP) is 1.96. The lowest BCUT2D eigenvalue weighted by Crippen LogP contribution is -2.47. The van der Waals surface area contributed by atoms with E-state index in [1.54, 1.807) is 14.1 Å². The number of carbonyl (C=O) groups is 2. The van der Waals surface area contributed by atoms with Crippen LogP contribution in [0.15, 0.2) is 48.5 Å². The Morgan fingerprint density at radius 1 is 1.17 bits per heavy atom. The van der Waals surface area contributed by atoms with Gasteiger partial charge in [-0.15, -0.1) is 0 Å². The summed E-state index contributed by atoms with van der Waals surface area (Å²) < 4.78 is 13.8. The van der Waals surface area contributed by atoms with E-state index >= 15 is 0 Å². The lowest BCUT2D eigenvalue weighted by atomic mass is 10.0. The normalized spacial score (nSPS) is 11.6. The van der Waals surface area contributed by atoms with Gasteiger partial charge in [-0.3, -0.25) is 9.59 Å². The van der Waals surface area contributed by atoms with Gasteiger partial charge in [-0.25, -0.2) is 4.39 Å². The highest BCUT2D eigenvalue weighted by molar-refractivity contribution is 5.97. The molecule has 0 bridgehead atoms. The lowest BCUT2D eigenvalue weighted by molar-refractivity contribution is -0.130. The van der Waals surface area contributed by atoms with E-state index in [-0.39, 0.29) is 17.2 Å². The van der Waals surface area contributed by atoms with Crippen LogP contribution in [0.4, 0.5) is 4.39 Å². The molecule has 0 aromatic heterocycles. The molecular weight excluding hydrogens is 311 g/mol. The van der Waals surface area contributed by atoms with E-state index < -0.39 is 17.8 Å². The van der Waals surface area contributed by atoms with Crippen molar-refractivity contribution in [3.8, 4) is 5.75 Å². The minimum absolute atomic E-state index is 0.225. The second kappa shape index (κ2) is 7.59. The molecule has 0 aliphatic heterocycles. The van der Waals surface area contributed by atoms with Crippen molar-refractivity contribution in [3.63, 3.8) is 0 Å². The Morgan fingerprint density at radius 2 is 1.83 bits per heavy atom. The zero-order chi connectivity index (χ0) is 17.7. The van der Waals surface area contributed by atoms with E-state index in [2.05, 4.69) is 5.32 Å². The zero-order valence-corrected chi connectivity index (χ0v) is 13.5. The summed E-state index contributed by atoms with van der Waals surface area (Å²) in [5.74, 6) is -2.10. The Balaban J connectivity index is 2.21. The van der Waals surface area contributed by atoms with Gasteiger partial charge >= 0.3 is 0 Å². The Labute approximate surface area is 139 Å². The molecule has 0 aliphatic carbocycles. The number of amides is 2. The molecule has 0 aliphatic rings. The van der Waals surface area contributed by atoms with Crippen molar-refractivity contribution in [3.05, 3.63) is 65.5 Å². The van der Waals surface area contributed by atoms with Gasteiger partial charge in [0.1, 0.15) is 17.6 Å². The van der Waals surface area contributed by atoms with Gasteiger partial charge in [-0.05, 0) is 17.7 Å². The Bertz CT molecular complexity index is 732. The molecule has 0 radical (unpaired) electrons. The Hall–Kier alpha value is -2.89. The number of benzene rings is 2. The van der Waals surface area contributed by atoms with E-state index in [1.807, 2.05) is 30.3 Å². The minimum Gasteiger partial charge on any atom is -0.508 e. The molecule has 2 amide bonds. The number of phenolic OH excluding ortho intramolecular Hbond substituents is 1. The zero-order valence-electron chi connectivity index (χ0n) is 13.5. The second-order valence-electron chi connectivity index (χ2n) is 5.61. The van der Waals surface area contributed by atoms with E-state index in [0.29, 0.717) is 6.42 Å². The quantitative estimate of drug-likeness (QED) is 0.880. The first-order chi connectivity index (χ1) is 11.4. The fraction of sp³-hybridized carbons (Fsp3) is 0.222. The first-order valence-corrected chi connectivity index (χ1v) is 7.43. The highest BCUT2D eigenvalue weighted by atomic mass is 19.1. The summed E-state index contributed by atoms with van der Waals surface area (Å²) >= 11 is 0. The van der Waals surface area contributed by atoms with Crippen LogP contribution in [0.25, 0.3) is 0 Å². The fourth-order valence-electron chi connectivity index (χ4n) is 2.29. The average molecular weight is 330 g/mol. The van der Waals surface area contributed by atoms with Gasteiger partial charge < -0.3 is 15.3 Å². The van der Waals surface area contributed by atoms with Crippen molar-refractivity contribution in [2.45, 2.75) is 12.5 Å². The van der Waals surface area contributed by atoms with Gasteiger partial charge in [0.2, 0.25) is 5.91 Å². The van der Waals surface area contributed by atoms with Crippen LogP contribution in [0, 0.1) is 5.82 Å². The van der Waals surface area contributed by atoms with E-state index in [9.17, 15) is 19.1 Å². The number of carbonyl (C=O) groups excluding carboxylic acids is 2. The first-order valence-electron chi connectivity index (χ1n) is 7.43. The fourth-order valence-corrected chi connectivity index (χ4v) is 2.29. The average Bonchev–Trinajstić information content (AvgIpc) is 2.54. The highest BCUT2D eigenvalue weighted by Crippen LogP contribution is 2.15. The van der Waals surface area contributed by atoms with Crippen molar-refractivity contribution in [1.29, 1.82) is 0 Å². The van der Waals surface area contributed by atoms with Crippen LogP contribution in [0.1, 0.15) is 15.9 Å². The van der Waals surface area contributed by atoms with Crippen molar-refractivity contribution in [1.82, 2.24) is 10.2 Å². The standard InChI is InChI=1S/C18H19FN2O3/c1-21(2)18(24)16(10-12-6-4-3-5-7-12)20-17(23)14-9-8-13(22)11-15(14)19/h3-9,11,16,22H,10H2,1-2H3,(H,20,23). The summed E-state index contributed by atoms with van der Waals surface area (Å²) in [6.07, 6.45) is 0.295.